The molecule has 0 spiro atoms. The second kappa shape index (κ2) is 12.1. The van der Waals surface area contributed by atoms with Gasteiger partial charge in [0.05, 0.1) is 32.6 Å². The van der Waals surface area contributed by atoms with Crippen LogP contribution in [-0.4, -0.2) is 68.8 Å². The Kier molecular flexibility index (Phi) is 7.79. The number of aromatic nitrogens is 2. The first kappa shape index (κ1) is 25.1. The smallest absolute Gasteiger partial charge is 0.229 e. The maximum Gasteiger partial charge on any atom is 0.229 e. The van der Waals surface area contributed by atoms with Gasteiger partial charge in [0.1, 0.15) is 18.2 Å². The van der Waals surface area contributed by atoms with Gasteiger partial charge in [0.2, 0.25) is 5.95 Å². The summed E-state index contributed by atoms with van der Waals surface area (Å²) >= 11 is 0. The van der Waals surface area contributed by atoms with Crippen LogP contribution in [0.4, 0.5) is 17.6 Å². The number of nitrogens with one attached hydrogen (secondary N) is 1. The number of benzene rings is 3. The number of hydrogen-bond acceptors (Lipinski definition) is 9. The Morgan fingerprint density at radius 3 is 2.41 bits per heavy atom. The first-order valence-corrected chi connectivity index (χ1v) is 13.3. The van der Waals surface area contributed by atoms with Crippen LogP contribution < -0.4 is 20.0 Å². The quantitative estimate of drug-likeness (QED) is 0.269. The summed E-state index contributed by atoms with van der Waals surface area (Å²) in [4.78, 5) is 14.0. The van der Waals surface area contributed by atoms with Crippen LogP contribution in [0.25, 0.3) is 10.8 Å². The number of ether oxygens (including phenoxy) is 3. The Bertz CT molecular complexity index is 1390. The van der Waals surface area contributed by atoms with Crippen LogP contribution in [0.3, 0.4) is 0 Å². The van der Waals surface area contributed by atoms with Crippen molar-refractivity contribution in [3.05, 3.63) is 83.9 Å². The van der Waals surface area contributed by atoms with Gasteiger partial charge in [-0.2, -0.15) is 15.1 Å². The molecular weight excluding hydrogens is 492 g/mol. The normalized spacial score (nSPS) is 16.1. The van der Waals surface area contributed by atoms with Crippen molar-refractivity contribution in [1.82, 2.24) is 9.97 Å². The largest absolute Gasteiger partial charge is 0.489 e. The summed E-state index contributed by atoms with van der Waals surface area (Å²) in [7, 11) is 0. The molecule has 1 N–H and O–H groups in total. The molecule has 2 aliphatic heterocycles. The summed E-state index contributed by atoms with van der Waals surface area (Å²) in [5, 5.41) is 6.90. The summed E-state index contributed by atoms with van der Waals surface area (Å²) in [5.74, 6) is 2.99. The number of nitrogens with zero attached hydrogens (tertiary/aromatic N) is 5. The molecule has 0 amide bonds. The van der Waals surface area contributed by atoms with Gasteiger partial charge in [-0.1, -0.05) is 54.6 Å². The lowest BCUT2D eigenvalue weighted by Crippen LogP contribution is -2.39. The Hall–Kier alpha value is -4.21. The lowest BCUT2D eigenvalue weighted by molar-refractivity contribution is 0.121. The molecule has 9 nitrogen and oxygen atoms in total. The predicted octanol–water partition coefficient (Wildman–Crippen LogP) is 4.33. The van der Waals surface area contributed by atoms with Crippen molar-refractivity contribution in [2.24, 2.45) is 5.10 Å². The van der Waals surface area contributed by atoms with Crippen molar-refractivity contribution in [1.29, 1.82) is 0 Å². The fourth-order valence-corrected chi connectivity index (χ4v) is 4.78. The third kappa shape index (κ3) is 6.27. The van der Waals surface area contributed by atoms with Gasteiger partial charge in [-0.05, 0) is 34.0 Å². The lowest BCUT2D eigenvalue weighted by atomic mass is 10.1. The highest BCUT2D eigenvalue weighted by Gasteiger charge is 2.19. The van der Waals surface area contributed by atoms with Crippen LogP contribution in [0.15, 0.2) is 77.9 Å². The first-order chi connectivity index (χ1) is 19.3. The topological polar surface area (TPSA) is 84.3 Å². The van der Waals surface area contributed by atoms with E-state index >= 15 is 0 Å². The summed E-state index contributed by atoms with van der Waals surface area (Å²) in [6.45, 7) is 6.35. The summed E-state index contributed by atoms with van der Waals surface area (Å²) in [6.07, 6.45) is 1.77. The highest BCUT2D eigenvalue weighted by Crippen LogP contribution is 2.23. The van der Waals surface area contributed by atoms with E-state index in [-0.39, 0.29) is 0 Å². The predicted molar refractivity (Wildman–Crippen MR) is 154 cm³/mol. The van der Waals surface area contributed by atoms with E-state index in [1.54, 1.807) is 6.21 Å². The minimum Gasteiger partial charge on any atom is -0.489 e. The molecule has 0 saturated carbocycles. The number of hydrogen-bond donors (Lipinski definition) is 1. The first-order valence-electron chi connectivity index (χ1n) is 13.3. The summed E-state index contributed by atoms with van der Waals surface area (Å²) in [5.41, 5.74) is 5.19. The Balaban J connectivity index is 1.15. The highest BCUT2D eigenvalue weighted by atomic mass is 16.5. The van der Waals surface area contributed by atoms with Crippen molar-refractivity contribution in [2.75, 3.05) is 67.8 Å². The van der Waals surface area contributed by atoms with Crippen LogP contribution in [-0.2, 0) is 16.1 Å². The molecule has 39 heavy (non-hydrogen) atoms. The SMILES string of the molecule is C(=N/Nc1cc(N2CCOCC2)nc(N2CCOCC2)n1)/c1cccc(OCc2cccc3ccccc23)c1. The highest BCUT2D eigenvalue weighted by molar-refractivity contribution is 5.85. The lowest BCUT2D eigenvalue weighted by Gasteiger charge is -2.31. The molecule has 3 aromatic carbocycles. The Labute approximate surface area is 228 Å². The standard InChI is InChI=1S/C30H32N6O3/c1-2-10-27-24(6-1)7-4-8-25(27)22-39-26-9-3-5-23(19-26)21-31-34-28-20-29(35-11-15-37-16-12-35)33-30(32-28)36-13-17-38-18-14-36/h1-10,19-21H,11-18,22H2,(H,32,33,34)/b31-21-. The Morgan fingerprint density at radius 2 is 1.56 bits per heavy atom. The van der Waals surface area contributed by atoms with E-state index in [0.29, 0.717) is 44.8 Å². The fraction of sp³-hybridized carbons (Fsp3) is 0.300. The molecule has 6 rings (SSSR count). The molecule has 0 aliphatic carbocycles. The van der Waals surface area contributed by atoms with Crippen molar-refractivity contribution >= 4 is 34.6 Å². The third-order valence-corrected chi connectivity index (χ3v) is 6.85. The minimum atomic E-state index is 0.496. The number of hydrazone groups is 1. The van der Waals surface area contributed by atoms with Crippen molar-refractivity contribution in [2.45, 2.75) is 6.61 Å². The fourth-order valence-electron chi connectivity index (χ4n) is 4.78. The molecule has 0 bridgehead atoms. The van der Waals surface area contributed by atoms with E-state index < -0.39 is 0 Å². The average Bonchev–Trinajstić information content (AvgIpc) is 3.01. The van der Waals surface area contributed by atoms with E-state index in [2.05, 4.69) is 62.8 Å². The summed E-state index contributed by atoms with van der Waals surface area (Å²) in [6, 6.07) is 24.5. The second-order valence-electron chi connectivity index (χ2n) is 9.48. The number of anilines is 3. The molecule has 9 heteroatoms. The third-order valence-electron chi connectivity index (χ3n) is 6.85. The second-order valence-corrected chi connectivity index (χ2v) is 9.48. The minimum absolute atomic E-state index is 0.496. The van der Waals surface area contributed by atoms with E-state index in [0.717, 1.165) is 48.9 Å². The number of rotatable bonds is 8. The van der Waals surface area contributed by atoms with Gasteiger partial charge in [-0.3, -0.25) is 5.43 Å². The monoisotopic (exact) mass is 524 g/mol. The van der Waals surface area contributed by atoms with E-state index in [9.17, 15) is 0 Å². The van der Waals surface area contributed by atoms with Gasteiger partial charge < -0.3 is 24.0 Å². The maximum absolute atomic E-state index is 6.14. The number of fused-ring (bicyclic) bond motifs is 1. The molecule has 2 saturated heterocycles. The van der Waals surface area contributed by atoms with Gasteiger partial charge in [0.15, 0.2) is 5.82 Å². The van der Waals surface area contributed by atoms with Gasteiger partial charge in [0, 0.05) is 32.2 Å². The zero-order valence-electron chi connectivity index (χ0n) is 21.8. The number of morpholine rings is 2. The average molecular weight is 525 g/mol. The molecule has 3 heterocycles. The van der Waals surface area contributed by atoms with Gasteiger partial charge in [-0.15, -0.1) is 0 Å². The Morgan fingerprint density at radius 1 is 0.821 bits per heavy atom. The molecule has 0 radical (unpaired) electrons. The molecule has 0 unspecified atom stereocenters. The molecular formula is C30H32N6O3. The van der Waals surface area contributed by atoms with E-state index in [4.69, 9.17) is 24.2 Å². The molecule has 4 aromatic rings. The zero-order chi connectivity index (χ0) is 26.3. The van der Waals surface area contributed by atoms with Gasteiger partial charge in [0.25, 0.3) is 0 Å². The zero-order valence-corrected chi connectivity index (χ0v) is 21.8. The van der Waals surface area contributed by atoms with Crippen molar-refractivity contribution < 1.29 is 14.2 Å². The van der Waals surface area contributed by atoms with E-state index in [1.807, 2.05) is 30.3 Å². The van der Waals surface area contributed by atoms with E-state index in [1.165, 1.54) is 10.8 Å². The maximum atomic E-state index is 6.14. The summed E-state index contributed by atoms with van der Waals surface area (Å²) < 4.78 is 17.2. The molecule has 0 atom stereocenters. The molecule has 1 aromatic heterocycles. The molecule has 2 fully saturated rings. The molecule has 200 valence electrons. The van der Waals surface area contributed by atoms with Crippen LogP contribution in [0, 0.1) is 0 Å². The molecule has 2 aliphatic rings. The van der Waals surface area contributed by atoms with Crippen LogP contribution >= 0.6 is 0 Å². The van der Waals surface area contributed by atoms with Gasteiger partial charge >= 0.3 is 0 Å². The van der Waals surface area contributed by atoms with Crippen LogP contribution in [0.5, 0.6) is 5.75 Å². The van der Waals surface area contributed by atoms with Crippen LogP contribution in [0.1, 0.15) is 11.1 Å². The van der Waals surface area contributed by atoms with Crippen molar-refractivity contribution in [3.8, 4) is 5.75 Å². The van der Waals surface area contributed by atoms with Crippen molar-refractivity contribution in [3.63, 3.8) is 0 Å². The van der Waals surface area contributed by atoms with Gasteiger partial charge in [-0.25, -0.2) is 0 Å². The van der Waals surface area contributed by atoms with Crippen LogP contribution in [0.2, 0.25) is 0 Å².